The van der Waals surface area contributed by atoms with E-state index >= 15 is 0 Å². The number of benzene rings is 1. The zero-order valence-corrected chi connectivity index (χ0v) is 18.3. The van der Waals surface area contributed by atoms with Gasteiger partial charge >= 0.3 is 0 Å². The number of hydrogen-bond donors (Lipinski definition) is 2. The molecule has 3 aliphatic heterocycles. The summed E-state index contributed by atoms with van der Waals surface area (Å²) in [7, 11) is 0. The van der Waals surface area contributed by atoms with Crippen LogP contribution in [0.3, 0.4) is 0 Å². The van der Waals surface area contributed by atoms with Crippen LogP contribution < -0.4 is 20.3 Å². The van der Waals surface area contributed by atoms with Crippen LogP contribution in [0.15, 0.2) is 30.6 Å². The molecule has 0 unspecified atom stereocenters. The Morgan fingerprint density at radius 3 is 3.03 bits per heavy atom. The second-order valence-electron chi connectivity index (χ2n) is 8.16. The molecule has 3 aromatic rings. The predicted molar refractivity (Wildman–Crippen MR) is 124 cm³/mol. The van der Waals surface area contributed by atoms with Crippen LogP contribution in [-0.2, 0) is 24.5 Å². The van der Waals surface area contributed by atoms with Crippen molar-refractivity contribution in [1.82, 2.24) is 15.0 Å². The molecule has 0 spiro atoms. The van der Waals surface area contributed by atoms with E-state index in [1.165, 1.54) is 22.3 Å². The molecular formula is C23H24N6OS. The molecule has 3 aliphatic rings. The number of pyridine rings is 1. The van der Waals surface area contributed by atoms with Crippen molar-refractivity contribution >= 4 is 34.8 Å². The third kappa shape index (κ3) is 3.44. The van der Waals surface area contributed by atoms with Crippen molar-refractivity contribution < 1.29 is 4.74 Å². The molecule has 0 radical (unpaired) electrons. The van der Waals surface area contributed by atoms with Crippen molar-refractivity contribution in [3.8, 4) is 5.88 Å². The first-order chi connectivity index (χ1) is 15.2. The number of aromatic nitrogens is 3. The highest BCUT2D eigenvalue weighted by Crippen LogP contribution is 2.36. The summed E-state index contributed by atoms with van der Waals surface area (Å²) < 4.78 is 5.68. The zero-order chi connectivity index (χ0) is 20.8. The van der Waals surface area contributed by atoms with Crippen LogP contribution in [0.5, 0.6) is 5.88 Å². The van der Waals surface area contributed by atoms with E-state index in [0.29, 0.717) is 18.4 Å². The van der Waals surface area contributed by atoms with Gasteiger partial charge in [0.25, 0.3) is 0 Å². The lowest BCUT2D eigenvalue weighted by Gasteiger charge is -2.32. The monoisotopic (exact) mass is 432 g/mol. The Bertz CT molecular complexity index is 1170. The van der Waals surface area contributed by atoms with E-state index in [-0.39, 0.29) is 0 Å². The summed E-state index contributed by atoms with van der Waals surface area (Å²) in [5.74, 6) is 3.55. The fraction of sp³-hybridized carbons (Fsp3) is 0.348. The van der Waals surface area contributed by atoms with Crippen LogP contribution in [0.4, 0.5) is 23.0 Å². The average molecular weight is 433 g/mol. The standard InChI is InChI=1S/C23H24N6OS/c1-14-20(10-25-22-21(14)24-5-7-30-22)29-6-4-15-9-26-23(28-19(15)11-29)27-18-3-2-16-12-31-13-17(16)8-18/h2-3,8-10,24H,4-7,11-13H2,1H3,(H,26,27,28). The van der Waals surface area contributed by atoms with Crippen molar-refractivity contribution in [3.63, 3.8) is 0 Å². The van der Waals surface area contributed by atoms with Gasteiger partial charge in [-0.3, -0.25) is 0 Å². The number of anilines is 4. The Hall–Kier alpha value is -3.00. The molecule has 0 amide bonds. The number of nitrogens with zero attached hydrogens (tertiary/aromatic N) is 4. The second-order valence-corrected chi connectivity index (χ2v) is 9.15. The molecule has 0 fully saturated rings. The maximum absolute atomic E-state index is 5.68. The molecule has 6 rings (SSSR count). The number of fused-ring (bicyclic) bond motifs is 3. The molecule has 5 heterocycles. The van der Waals surface area contributed by atoms with Gasteiger partial charge in [0.05, 0.1) is 24.1 Å². The second kappa shape index (κ2) is 7.60. The van der Waals surface area contributed by atoms with Crippen molar-refractivity contribution in [1.29, 1.82) is 0 Å². The number of ether oxygens (including phenoxy) is 1. The van der Waals surface area contributed by atoms with E-state index < -0.39 is 0 Å². The van der Waals surface area contributed by atoms with Crippen LogP contribution >= 0.6 is 11.8 Å². The lowest BCUT2D eigenvalue weighted by molar-refractivity contribution is 0.310. The third-order valence-corrected chi connectivity index (χ3v) is 7.21. The summed E-state index contributed by atoms with van der Waals surface area (Å²) in [6.07, 6.45) is 4.82. The van der Waals surface area contributed by atoms with Crippen LogP contribution in [0, 0.1) is 6.92 Å². The minimum atomic E-state index is 0.654. The van der Waals surface area contributed by atoms with Crippen LogP contribution in [0.2, 0.25) is 0 Å². The van der Waals surface area contributed by atoms with Gasteiger partial charge in [0.2, 0.25) is 11.8 Å². The molecule has 158 valence electrons. The lowest BCUT2D eigenvalue weighted by Crippen LogP contribution is -2.32. The number of thioether (sulfide) groups is 1. The fourth-order valence-electron chi connectivity index (χ4n) is 4.48. The SMILES string of the molecule is Cc1c(N2CCc3cnc(Nc4ccc5c(c4)CSC5)nc3C2)cnc2c1NCCO2. The maximum Gasteiger partial charge on any atom is 0.237 e. The summed E-state index contributed by atoms with van der Waals surface area (Å²) in [6, 6.07) is 6.56. The normalized spacial score (nSPS) is 16.6. The van der Waals surface area contributed by atoms with E-state index in [1.54, 1.807) is 0 Å². The minimum Gasteiger partial charge on any atom is -0.474 e. The molecule has 2 aromatic heterocycles. The third-order valence-electron chi connectivity index (χ3n) is 6.18. The smallest absolute Gasteiger partial charge is 0.237 e. The molecule has 0 saturated heterocycles. The first kappa shape index (κ1) is 18.7. The molecule has 0 atom stereocenters. The Morgan fingerprint density at radius 2 is 2.06 bits per heavy atom. The first-order valence-electron chi connectivity index (χ1n) is 10.7. The predicted octanol–water partition coefficient (Wildman–Crippen LogP) is 4.04. The molecule has 31 heavy (non-hydrogen) atoms. The van der Waals surface area contributed by atoms with E-state index in [2.05, 4.69) is 50.6 Å². The maximum atomic E-state index is 5.68. The molecule has 8 heteroatoms. The van der Waals surface area contributed by atoms with Gasteiger partial charge in [-0.05, 0) is 42.2 Å². The largest absolute Gasteiger partial charge is 0.474 e. The molecule has 2 N–H and O–H groups in total. The van der Waals surface area contributed by atoms with Gasteiger partial charge in [-0.15, -0.1) is 0 Å². The van der Waals surface area contributed by atoms with E-state index in [9.17, 15) is 0 Å². The van der Waals surface area contributed by atoms with Crippen LogP contribution in [-0.4, -0.2) is 34.6 Å². The lowest BCUT2D eigenvalue weighted by atomic mass is 10.0. The van der Waals surface area contributed by atoms with Crippen LogP contribution in [0.1, 0.15) is 27.9 Å². The number of hydrogen-bond acceptors (Lipinski definition) is 8. The Balaban J connectivity index is 1.25. The summed E-state index contributed by atoms with van der Waals surface area (Å²) in [4.78, 5) is 16.3. The quantitative estimate of drug-likeness (QED) is 0.642. The number of nitrogens with one attached hydrogen (secondary N) is 2. The minimum absolute atomic E-state index is 0.654. The van der Waals surface area contributed by atoms with Crippen LogP contribution in [0.25, 0.3) is 0 Å². The summed E-state index contributed by atoms with van der Waals surface area (Å²) in [6.45, 7) is 5.27. The molecule has 7 nitrogen and oxygen atoms in total. The highest BCUT2D eigenvalue weighted by molar-refractivity contribution is 7.98. The molecule has 0 saturated carbocycles. The van der Waals surface area contributed by atoms with Gasteiger partial charge in [-0.25, -0.2) is 15.0 Å². The van der Waals surface area contributed by atoms with Crippen molar-refractivity contribution in [2.24, 2.45) is 0 Å². The fourth-order valence-corrected chi connectivity index (χ4v) is 5.57. The van der Waals surface area contributed by atoms with Gasteiger partial charge in [0.15, 0.2) is 0 Å². The van der Waals surface area contributed by atoms with Crippen molar-refractivity contribution in [2.45, 2.75) is 31.4 Å². The molecular weight excluding hydrogens is 408 g/mol. The Morgan fingerprint density at radius 1 is 1.13 bits per heavy atom. The Labute approximate surface area is 185 Å². The van der Waals surface area contributed by atoms with E-state index in [1.807, 2.05) is 24.2 Å². The van der Waals surface area contributed by atoms with Crippen molar-refractivity contribution in [2.75, 3.05) is 35.2 Å². The average Bonchev–Trinajstić information content (AvgIpc) is 3.27. The molecule has 0 bridgehead atoms. The van der Waals surface area contributed by atoms with Gasteiger partial charge < -0.3 is 20.3 Å². The molecule has 1 aromatic carbocycles. The summed E-state index contributed by atoms with van der Waals surface area (Å²) in [5.41, 5.74) is 9.50. The van der Waals surface area contributed by atoms with E-state index in [0.717, 1.165) is 60.3 Å². The summed E-state index contributed by atoms with van der Waals surface area (Å²) in [5, 5.41) is 6.83. The number of rotatable bonds is 3. The highest BCUT2D eigenvalue weighted by Gasteiger charge is 2.24. The van der Waals surface area contributed by atoms with Gasteiger partial charge in [0, 0.05) is 42.0 Å². The summed E-state index contributed by atoms with van der Waals surface area (Å²) >= 11 is 1.96. The van der Waals surface area contributed by atoms with Gasteiger partial charge in [0.1, 0.15) is 12.3 Å². The van der Waals surface area contributed by atoms with E-state index in [4.69, 9.17) is 9.72 Å². The van der Waals surface area contributed by atoms with Gasteiger partial charge in [-0.2, -0.15) is 11.8 Å². The topological polar surface area (TPSA) is 75.2 Å². The van der Waals surface area contributed by atoms with Gasteiger partial charge in [-0.1, -0.05) is 6.07 Å². The molecule has 0 aliphatic carbocycles. The highest BCUT2D eigenvalue weighted by atomic mass is 32.2. The van der Waals surface area contributed by atoms with Crippen molar-refractivity contribution in [3.05, 3.63) is 58.5 Å². The zero-order valence-electron chi connectivity index (χ0n) is 17.4. The Kier molecular flexibility index (Phi) is 4.60. The first-order valence-corrected chi connectivity index (χ1v) is 11.8.